The average Bonchev–Trinajstić information content (AvgIpc) is 2.39. The molecule has 22 heavy (non-hydrogen) atoms. The van der Waals surface area contributed by atoms with Gasteiger partial charge >= 0.3 is 6.18 Å². The minimum atomic E-state index is -4.51. The Labute approximate surface area is 129 Å². The molecule has 0 fully saturated rings. The van der Waals surface area contributed by atoms with Gasteiger partial charge in [0.2, 0.25) is 0 Å². The maximum atomic E-state index is 12.8. The predicted molar refractivity (Wildman–Crippen MR) is 77.3 cm³/mol. The summed E-state index contributed by atoms with van der Waals surface area (Å²) in [4.78, 5) is 12.0. The Morgan fingerprint density at radius 3 is 2.50 bits per heavy atom. The second-order valence-corrected chi connectivity index (χ2v) is 5.14. The number of halogens is 4. The SMILES string of the molecule is Cc1cc(NC(=O)c2cc(Cl)ccc2O)cc(C(F)(F)F)c1. The zero-order chi connectivity index (χ0) is 16.5. The molecule has 0 atom stereocenters. The van der Waals surface area contributed by atoms with Gasteiger partial charge in [0.05, 0.1) is 11.1 Å². The standard InChI is InChI=1S/C15H11ClF3NO2/c1-8-4-9(15(17,18)19)6-11(5-8)20-14(22)12-7-10(16)2-3-13(12)21/h2-7,21H,1H3,(H,20,22). The van der Waals surface area contributed by atoms with Crippen molar-refractivity contribution in [1.82, 2.24) is 0 Å². The Morgan fingerprint density at radius 1 is 1.18 bits per heavy atom. The number of hydrogen-bond acceptors (Lipinski definition) is 2. The highest BCUT2D eigenvalue weighted by Crippen LogP contribution is 2.32. The van der Waals surface area contributed by atoms with Crippen LogP contribution in [0.1, 0.15) is 21.5 Å². The minimum absolute atomic E-state index is 0.0169. The number of alkyl halides is 3. The van der Waals surface area contributed by atoms with Crippen molar-refractivity contribution in [2.45, 2.75) is 13.1 Å². The van der Waals surface area contributed by atoms with Gasteiger partial charge in [-0.3, -0.25) is 4.79 Å². The monoisotopic (exact) mass is 329 g/mol. The van der Waals surface area contributed by atoms with Gasteiger partial charge in [-0.1, -0.05) is 11.6 Å². The number of hydrogen-bond donors (Lipinski definition) is 2. The third kappa shape index (κ3) is 3.71. The van der Waals surface area contributed by atoms with E-state index in [-0.39, 0.29) is 22.0 Å². The number of nitrogens with one attached hydrogen (secondary N) is 1. The number of amides is 1. The molecule has 7 heteroatoms. The molecule has 0 spiro atoms. The van der Waals surface area contributed by atoms with Crippen molar-refractivity contribution in [1.29, 1.82) is 0 Å². The van der Waals surface area contributed by atoms with Crippen molar-refractivity contribution in [2.75, 3.05) is 5.32 Å². The average molecular weight is 330 g/mol. The Morgan fingerprint density at radius 2 is 1.86 bits per heavy atom. The zero-order valence-electron chi connectivity index (χ0n) is 11.3. The number of phenols is 1. The minimum Gasteiger partial charge on any atom is -0.507 e. The smallest absolute Gasteiger partial charge is 0.416 e. The van der Waals surface area contributed by atoms with Crippen LogP contribution in [0.2, 0.25) is 5.02 Å². The molecule has 0 radical (unpaired) electrons. The number of carbonyl (C=O) groups is 1. The van der Waals surface area contributed by atoms with Gasteiger partial charge < -0.3 is 10.4 Å². The summed E-state index contributed by atoms with van der Waals surface area (Å²) >= 11 is 5.73. The number of rotatable bonds is 2. The van der Waals surface area contributed by atoms with Crippen LogP contribution in [0.15, 0.2) is 36.4 Å². The molecular weight excluding hydrogens is 319 g/mol. The van der Waals surface area contributed by atoms with Crippen LogP contribution >= 0.6 is 11.6 Å². The van der Waals surface area contributed by atoms with Gasteiger partial charge in [-0.25, -0.2) is 0 Å². The molecular formula is C15H11ClF3NO2. The van der Waals surface area contributed by atoms with Crippen LogP contribution in [-0.4, -0.2) is 11.0 Å². The maximum absolute atomic E-state index is 12.8. The van der Waals surface area contributed by atoms with Crippen LogP contribution < -0.4 is 5.32 Å². The lowest BCUT2D eigenvalue weighted by Crippen LogP contribution is -2.13. The highest BCUT2D eigenvalue weighted by atomic mass is 35.5. The largest absolute Gasteiger partial charge is 0.507 e. The van der Waals surface area contributed by atoms with Crippen molar-refractivity contribution in [3.05, 3.63) is 58.1 Å². The first-order valence-corrected chi connectivity index (χ1v) is 6.53. The van der Waals surface area contributed by atoms with Crippen LogP contribution in [0, 0.1) is 6.92 Å². The van der Waals surface area contributed by atoms with E-state index in [1.807, 2.05) is 0 Å². The fourth-order valence-corrected chi connectivity index (χ4v) is 2.08. The molecule has 0 unspecified atom stereocenters. The Kier molecular flexibility index (Phi) is 4.32. The molecule has 3 nitrogen and oxygen atoms in total. The van der Waals surface area contributed by atoms with E-state index in [0.29, 0.717) is 5.56 Å². The fraction of sp³-hybridized carbons (Fsp3) is 0.133. The highest BCUT2D eigenvalue weighted by molar-refractivity contribution is 6.31. The topological polar surface area (TPSA) is 49.3 Å². The summed E-state index contributed by atoms with van der Waals surface area (Å²) in [6, 6.07) is 7.05. The van der Waals surface area contributed by atoms with Crippen molar-refractivity contribution >= 4 is 23.2 Å². The van der Waals surface area contributed by atoms with Crippen LogP contribution in [0.4, 0.5) is 18.9 Å². The molecule has 1 amide bonds. The summed E-state index contributed by atoms with van der Waals surface area (Å²) < 4.78 is 38.3. The van der Waals surface area contributed by atoms with E-state index in [9.17, 15) is 23.1 Å². The quantitative estimate of drug-likeness (QED) is 0.844. The molecule has 2 aromatic carbocycles. The predicted octanol–water partition coefficient (Wildman–Crippen LogP) is 4.63. The number of phenolic OH excluding ortho intramolecular Hbond substituents is 1. The molecule has 0 heterocycles. The second-order valence-electron chi connectivity index (χ2n) is 4.70. The lowest BCUT2D eigenvalue weighted by Gasteiger charge is -2.12. The number of benzene rings is 2. The van der Waals surface area contributed by atoms with Crippen LogP contribution in [-0.2, 0) is 6.18 Å². The molecule has 0 bridgehead atoms. The summed E-state index contributed by atoms with van der Waals surface area (Å²) in [5.41, 5.74) is -0.655. The van der Waals surface area contributed by atoms with Gasteiger partial charge in [0.25, 0.3) is 5.91 Å². The normalized spacial score (nSPS) is 11.3. The Balaban J connectivity index is 2.32. The Bertz CT molecular complexity index is 729. The summed E-state index contributed by atoms with van der Waals surface area (Å²) in [6.45, 7) is 1.49. The van der Waals surface area contributed by atoms with E-state index in [0.717, 1.165) is 12.1 Å². The fourth-order valence-electron chi connectivity index (χ4n) is 1.91. The van der Waals surface area contributed by atoms with Crippen molar-refractivity contribution < 1.29 is 23.1 Å². The maximum Gasteiger partial charge on any atom is 0.416 e. The second kappa shape index (κ2) is 5.88. The molecule has 2 aromatic rings. The Hall–Kier alpha value is -2.21. The van der Waals surface area contributed by atoms with Gasteiger partial charge in [0.1, 0.15) is 5.75 Å². The van der Waals surface area contributed by atoms with Crippen LogP contribution in [0.5, 0.6) is 5.75 Å². The molecule has 0 aliphatic heterocycles. The van der Waals surface area contributed by atoms with E-state index < -0.39 is 17.6 Å². The first-order valence-electron chi connectivity index (χ1n) is 6.15. The zero-order valence-corrected chi connectivity index (χ0v) is 12.1. The van der Waals surface area contributed by atoms with E-state index in [2.05, 4.69) is 5.32 Å². The van der Waals surface area contributed by atoms with Gasteiger partial charge in [0.15, 0.2) is 0 Å². The molecule has 2 N–H and O–H groups in total. The van der Waals surface area contributed by atoms with E-state index >= 15 is 0 Å². The van der Waals surface area contributed by atoms with Gasteiger partial charge in [0, 0.05) is 10.7 Å². The highest BCUT2D eigenvalue weighted by Gasteiger charge is 2.31. The first kappa shape index (κ1) is 16.2. The van der Waals surface area contributed by atoms with Crippen molar-refractivity contribution in [2.24, 2.45) is 0 Å². The van der Waals surface area contributed by atoms with Crippen molar-refractivity contribution in [3.8, 4) is 5.75 Å². The van der Waals surface area contributed by atoms with E-state index in [4.69, 9.17) is 11.6 Å². The van der Waals surface area contributed by atoms with E-state index in [1.54, 1.807) is 0 Å². The summed E-state index contributed by atoms with van der Waals surface area (Å²) in [5.74, 6) is -1.07. The summed E-state index contributed by atoms with van der Waals surface area (Å²) in [5, 5.41) is 12.2. The lowest BCUT2D eigenvalue weighted by atomic mass is 10.1. The van der Waals surface area contributed by atoms with Gasteiger partial charge in [-0.15, -0.1) is 0 Å². The van der Waals surface area contributed by atoms with Gasteiger partial charge in [-0.05, 0) is 48.9 Å². The third-order valence-electron chi connectivity index (χ3n) is 2.87. The molecule has 116 valence electrons. The molecule has 0 saturated heterocycles. The number of aryl methyl sites for hydroxylation is 1. The van der Waals surface area contributed by atoms with Crippen LogP contribution in [0.25, 0.3) is 0 Å². The molecule has 0 saturated carbocycles. The van der Waals surface area contributed by atoms with Crippen LogP contribution in [0.3, 0.4) is 0 Å². The molecule has 0 aliphatic rings. The van der Waals surface area contributed by atoms with Crippen molar-refractivity contribution in [3.63, 3.8) is 0 Å². The third-order valence-corrected chi connectivity index (χ3v) is 3.10. The first-order chi connectivity index (χ1) is 10.2. The molecule has 2 rings (SSSR count). The number of anilines is 1. The molecule has 0 aliphatic carbocycles. The number of aromatic hydroxyl groups is 1. The molecule has 0 aromatic heterocycles. The summed E-state index contributed by atoms with van der Waals surface area (Å²) in [7, 11) is 0. The van der Waals surface area contributed by atoms with E-state index in [1.165, 1.54) is 31.2 Å². The van der Waals surface area contributed by atoms with Gasteiger partial charge in [-0.2, -0.15) is 13.2 Å². The lowest BCUT2D eigenvalue weighted by molar-refractivity contribution is -0.137. The number of carbonyl (C=O) groups excluding carboxylic acids is 1. The summed E-state index contributed by atoms with van der Waals surface area (Å²) in [6.07, 6.45) is -4.51.